The van der Waals surface area contributed by atoms with Gasteiger partial charge in [0.15, 0.2) is 0 Å². The van der Waals surface area contributed by atoms with Gasteiger partial charge < -0.3 is 15.5 Å². The summed E-state index contributed by atoms with van der Waals surface area (Å²) in [6, 6.07) is 0. The minimum Gasteiger partial charge on any atom is -0.329 e. The zero-order chi connectivity index (χ0) is 12.6. The van der Waals surface area contributed by atoms with Gasteiger partial charge in [-0.15, -0.1) is 0 Å². The lowest BCUT2D eigenvalue weighted by molar-refractivity contribution is 0.0108. The summed E-state index contributed by atoms with van der Waals surface area (Å²) in [7, 11) is 2.25. The Morgan fingerprint density at radius 1 is 1.11 bits per heavy atom. The van der Waals surface area contributed by atoms with E-state index in [0.29, 0.717) is 5.54 Å². The van der Waals surface area contributed by atoms with Crippen LogP contribution in [-0.4, -0.2) is 79.6 Å². The zero-order valence-electron chi connectivity index (χ0n) is 11.8. The summed E-state index contributed by atoms with van der Waals surface area (Å²) in [6.45, 7) is 9.63. The van der Waals surface area contributed by atoms with Crippen molar-refractivity contribution in [3.8, 4) is 0 Å². The van der Waals surface area contributed by atoms with Crippen LogP contribution in [0.25, 0.3) is 0 Å². The van der Waals surface area contributed by atoms with Crippen molar-refractivity contribution in [1.29, 1.82) is 0 Å². The molecule has 0 aromatic carbocycles. The number of fused-ring (bicyclic) bond motifs is 2. The lowest BCUT2D eigenvalue weighted by Crippen LogP contribution is -2.62. The summed E-state index contributed by atoms with van der Waals surface area (Å²) in [5.74, 6) is 0.819. The number of hydrogen-bond donors (Lipinski definition) is 1. The predicted molar refractivity (Wildman–Crippen MR) is 74.6 cm³/mol. The molecule has 0 aromatic rings. The molecule has 0 radical (unpaired) electrons. The second kappa shape index (κ2) is 5.08. The average Bonchev–Trinajstić information content (AvgIpc) is 2.66. The second-order valence-corrected chi connectivity index (χ2v) is 6.49. The largest absolute Gasteiger partial charge is 0.329 e. The Morgan fingerprint density at radius 2 is 2.00 bits per heavy atom. The molecule has 3 aliphatic rings. The molecule has 0 aliphatic carbocycles. The average molecular weight is 252 g/mol. The van der Waals surface area contributed by atoms with Crippen LogP contribution >= 0.6 is 0 Å². The van der Waals surface area contributed by atoms with Crippen LogP contribution in [0.5, 0.6) is 0 Å². The molecular formula is C14H28N4. The van der Waals surface area contributed by atoms with Crippen LogP contribution in [0.2, 0.25) is 0 Å². The van der Waals surface area contributed by atoms with Crippen LogP contribution in [-0.2, 0) is 0 Å². The molecule has 4 heteroatoms. The number of nitrogens with two attached hydrogens (primary N) is 1. The Kier molecular flexibility index (Phi) is 3.63. The van der Waals surface area contributed by atoms with Gasteiger partial charge in [-0.3, -0.25) is 4.90 Å². The molecule has 4 nitrogen and oxygen atoms in total. The minimum absolute atomic E-state index is 0.318. The van der Waals surface area contributed by atoms with E-state index < -0.39 is 0 Å². The van der Waals surface area contributed by atoms with Crippen molar-refractivity contribution >= 4 is 0 Å². The van der Waals surface area contributed by atoms with E-state index in [4.69, 9.17) is 5.73 Å². The molecule has 0 saturated carbocycles. The first kappa shape index (κ1) is 12.9. The fourth-order valence-electron chi connectivity index (χ4n) is 4.34. The van der Waals surface area contributed by atoms with Crippen LogP contribution in [0, 0.1) is 5.92 Å². The van der Waals surface area contributed by atoms with Crippen molar-refractivity contribution in [1.82, 2.24) is 14.7 Å². The normalized spacial score (nSPS) is 43.0. The molecule has 2 bridgehead atoms. The summed E-state index contributed by atoms with van der Waals surface area (Å²) in [6.07, 6.45) is 3.95. The fourth-order valence-corrected chi connectivity index (χ4v) is 4.34. The molecule has 3 saturated heterocycles. The molecule has 3 fully saturated rings. The lowest BCUT2D eigenvalue weighted by atomic mass is 9.77. The van der Waals surface area contributed by atoms with Gasteiger partial charge in [0, 0.05) is 38.3 Å². The Bertz CT molecular complexity index is 296. The standard InChI is InChI=1S/C14H28N4/c1-16-5-2-6-18(10-9-16)14(12-15)4-8-17-7-3-13(14)11-17/h13H,2-12,15H2,1H3. The number of likely N-dealkylation sites (N-methyl/N-ethyl adjacent to an activating group) is 1. The summed E-state index contributed by atoms with van der Waals surface area (Å²) >= 11 is 0. The van der Waals surface area contributed by atoms with Gasteiger partial charge >= 0.3 is 0 Å². The van der Waals surface area contributed by atoms with Crippen LogP contribution in [0.15, 0.2) is 0 Å². The fraction of sp³-hybridized carbons (Fsp3) is 1.00. The third kappa shape index (κ3) is 2.09. The quantitative estimate of drug-likeness (QED) is 0.753. The third-order valence-corrected chi connectivity index (χ3v) is 5.60. The maximum absolute atomic E-state index is 6.27. The van der Waals surface area contributed by atoms with Crippen LogP contribution in [0.3, 0.4) is 0 Å². The Balaban J connectivity index is 1.77. The first-order chi connectivity index (χ1) is 8.74. The van der Waals surface area contributed by atoms with Gasteiger partial charge in [0.25, 0.3) is 0 Å². The van der Waals surface area contributed by atoms with Crippen molar-refractivity contribution in [2.75, 3.05) is 59.4 Å². The van der Waals surface area contributed by atoms with Crippen molar-refractivity contribution < 1.29 is 0 Å². The van der Waals surface area contributed by atoms with Gasteiger partial charge in [-0.2, -0.15) is 0 Å². The van der Waals surface area contributed by atoms with E-state index in [1.165, 1.54) is 65.1 Å². The molecule has 3 rings (SSSR count). The smallest absolute Gasteiger partial charge is 0.0385 e. The highest BCUT2D eigenvalue weighted by Crippen LogP contribution is 2.39. The topological polar surface area (TPSA) is 35.7 Å². The summed E-state index contributed by atoms with van der Waals surface area (Å²) in [5.41, 5.74) is 6.58. The third-order valence-electron chi connectivity index (χ3n) is 5.60. The second-order valence-electron chi connectivity index (χ2n) is 6.49. The summed E-state index contributed by atoms with van der Waals surface area (Å²) in [4.78, 5) is 7.85. The zero-order valence-corrected chi connectivity index (χ0v) is 11.8. The molecule has 3 heterocycles. The number of hydrogen-bond acceptors (Lipinski definition) is 4. The van der Waals surface area contributed by atoms with E-state index in [1.54, 1.807) is 0 Å². The Hall–Kier alpha value is -0.160. The number of nitrogens with zero attached hydrogens (tertiary/aromatic N) is 3. The highest BCUT2D eigenvalue weighted by molar-refractivity contribution is 5.05. The Labute approximate surface area is 111 Å². The summed E-state index contributed by atoms with van der Waals surface area (Å²) in [5, 5.41) is 0. The molecule has 3 unspecified atom stereocenters. The van der Waals surface area contributed by atoms with Gasteiger partial charge in [0.05, 0.1) is 0 Å². The Morgan fingerprint density at radius 3 is 2.83 bits per heavy atom. The van der Waals surface area contributed by atoms with Crippen molar-refractivity contribution in [3.05, 3.63) is 0 Å². The van der Waals surface area contributed by atoms with Gasteiger partial charge in [0.1, 0.15) is 0 Å². The van der Waals surface area contributed by atoms with Crippen molar-refractivity contribution in [2.24, 2.45) is 11.7 Å². The van der Waals surface area contributed by atoms with E-state index in [9.17, 15) is 0 Å². The maximum Gasteiger partial charge on any atom is 0.0385 e. The molecule has 2 N–H and O–H groups in total. The molecule has 0 aromatic heterocycles. The van der Waals surface area contributed by atoms with E-state index in [1.807, 2.05) is 0 Å². The summed E-state index contributed by atoms with van der Waals surface area (Å²) < 4.78 is 0. The minimum atomic E-state index is 0.318. The van der Waals surface area contributed by atoms with Gasteiger partial charge in [-0.25, -0.2) is 0 Å². The SMILES string of the molecule is CN1CCCN(C2(CN)CCN3CCC2C3)CC1. The lowest BCUT2D eigenvalue weighted by Gasteiger charge is -2.50. The van der Waals surface area contributed by atoms with Gasteiger partial charge in [-0.1, -0.05) is 0 Å². The molecule has 104 valence electrons. The highest BCUT2D eigenvalue weighted by atomic mass is 15.3. The molecule has 18 heavy (non-hydrogen) atoms. The maximum atomic E-state index is 6.27. The van der Waals surface area contributed by atoms with E-state index in [-0.39, 0.29) is 0 Å². The van der Waals surface area contributed by atoms with Gasteiger partial charge in [0.2, 0.25) is 0 Å². The van der Waals surface area contributed by atoms with Crippen LogP contribution in [0.1, 0.15) is 19.3 Å². The van der Waals surface area contributed by atoms with Crippen molar-refractivity contribution in [3.63, 3.8) is 0 Å². The first-order valence-corrected chi connectivity index (χ1v) is 7.60. The molecule has 0 amide bonds. The van der Waals surface area contributed by atoms with Crippen LogP contribution in [0.4, 0.5) is 0 Å². The number of rotatable bonds is 2. The molecule has 3 aliphatic heterocycles. The monoisotopic (exact) mass is 252 g/mol. The number of piperidine rings is 1. The van der Waals surface area contributed by atoms with Gasteiger partial charge in [-0.05, 0) is 51.9 Å². The van der Waals surface area contributed by atoms with Crippen LogP contribution < -0.4 is 5.73 Å². The first-order valence-electron chi connectivity index (χ1n) is 7.60. The molecular weight excluding hydrogens is 224 g/mol. The van der Waals surface area contributed by atoms with Crippen molar-refractivity contribution in [2.45, 2.75) is 24.8 Å². The highest BCUT2D eigenvalue weighted by Gasteiger charge is 2.48. The van der Waals surface area contributed by atoms with E-state index in [2.05, 4.69) is 21.7 Å². The van der Waals surface area contributed by atoms with E-state index in [0.717, 1.165) is 12.5 Å². The molecule has 3 atom stereocenters. The van der Waals surface area contributed by atoms with E-state index >= 15 is 0 Å². The predicted octanol–water partition coefficient (Wildman–Crippen LogP) is 0.0470. The molecule has 0 spiro atoms.